The number of rotatable bonds is 8. The van der Waals surface area contributed by atoms with Crippen molar-refractivity contribution in [2.75, 3.05) is 6.61 Å². The average Bonchev–Trinajstić information content (AvgIpc) is 2.75. The van der Waals surface area contributed by atoms with Gasteiger partial charge < -0.3 is 19.3 Å². The summed E-state index contributed by atoms with van der Waals surface area (Å²) in [6.07, 6.45) is -4.79. The highest BCUT2D eigenvalue weighted by Gasteiger charge is 2.31. The molecule has 0 amide bonds. The molecule has 0 aliphatic rings. The minimum absolute atomic E-state index is 0.0136. The molecule has 0 bridgehead atoms. The Hall–Kier alpha value is -4.08. The van der Waals surface area contributed by atoms with Crippen LogP contribution in [0.2, 0.25) is 0 Å². The van der Waals surface area contributed by atoms with Crippen molar-refractivity contribution >= 4 is 17.0 Å². The summed E-state index contributed by atoms with van der Waals surface area (Å²) in [4.78, 5) is 4.20. The van der Waals surface area contributed by atoms with Crippen molar-refractivity contribution in [3.8, 4) is 17.2 Å². The Balaban J connectivity index is 1.84. The Labute approximate surface area is 197 Å². The molecule has 0 unspecified atom stereocenters. The van der Waals surface area contributed by atoms with Crippen LogP contribution in [-0.2, 0) is 4.74 Å². The summed E-state index contributed by atoms with van der Waals surface area (Å²) in [7, 11) is 0. The van der Waals surface area contributed by atoms with Crippen LogP contribution in [0.3, 0.4) is 0 Å². The van der Waals surface area contributed by atoms with Gasteiger partial charge in [0.2, 0.25) is 0 Å². The van der Waals surface area contributed by atoms with E-state index in [1.165, 1.54) is 12.1 Å². The maximum Gasteiger partial charge on any atom is 0.573 e. The van der Waals surface area contributed by atoms with Gasteiger partial charge in [-0.15, -0.1) is 13.2 Å². The number of nitrogens with zero attached hydrogens (tertiary/aromatic N) is 1. The topological polar surface area (TPSA) is 60.3 Å². The van der Waals surface area contributed by atoms with Gasteiger partial charge in [-0.1, -0.05) is 12.1 Å². The third-order valence-electron chi connectivity index (χ3n) is 4.44. The smallest absolute Gasteiger partial charge is 0.480 e. The summed E-state index contributed by atoms with van der Waals surface area (Å²) < 4.78 is 78.6. The minimum atomic E-state index is -4.79. The van der Waals surface area contributed by atoms with Crippen molar-refractivity contribution in [2.24, 2.45) is 4.99 Å². The van der Waals surface area contributed by atoms with Gasteiger partial charge >= 0.3 is 6.36 Å². The first kappa shape index (κ1) is 25.5. The van der Waals surface area contributed by atoms with Gasteiger partial charge in [0.05, 0.1) is 23.6 Å². The van der Waals surface area contributed by atoms with Crippen LogP contribution in [0.25, 0.3) is 5.57 Å². The third-order valence-corrected chi connectivity index (χ3v) is 4.44. The minimum Gasteiger partial charge on any atom is -0.480 e. The molecule has 3 aromatic carbocycles. The molecule has 0 fully saturated rings. The number of aliphatic imine (C=N–C) groups is 1. The van der Waals surface area contributed by atoms with E-state index in [2.05, 4.69) is 9.73 Å². The summed E-state index contributed by atoms with van der Waals surface area (Å²) >= 11 is 0. The van der Waals surface area contributed by atoms with E-state index < -0.39 is 23.9 Å². The molecule has 0 saturated heterocycles. The van der Waals surface area contributed by atoms with Crippen molar-refractivity contribution in [1.29, 1.82) is 0 Å². The molecule has 0 atom stereocenters. The summed E-state index contributed by atoms with van der Waals surface area (Å²) in [5.41, 5.74) is 0.904. The van der Waals surface area contributed by atoms with Gasteiger partial charge in [0.25, 0.3) is 5.95 Å². The molecular formula is C25H20F5NO4. The van der Waals surface area contributed by atoms with Crippen LogP contribution in [-0.4, -0.2) is 23.8 Å². The number of hydrogen-bond acceptors (Lipinski definition) is 5. The average molecular weight is 493 g/mol. The van der Waals surface area contributed by atoms with Gasteiger partial charge in [0.15, 0.2) is 0 Å². The predicted molar refractivity (Wildman–Crippen MR) is 120 cm³/mol. The fourth-order valence-electron chi connectivity index (χ4n) is 3.08. The van der Waals surface area contributed by atoms with Gasteiger partial charge in [-0.25, -0.2) is 8.78 Å². The standard InChI is InChI=1S/C25H20F5NO4/c1-3-33-24(32)23(15(2)31-19-13-17(26)12-18(27)14-19)16-4-6-20(7-5-16)34-21-8-10-22(11-9-21)35-25(28,29)30/h4-14,32H,3H2,1-2H3. The highest BCUT2D eigenvalue weighted by molar-refractivity contribution is 6.23. The molecule has 5 nitrogen and oxygen atoms in total. The molecule has 1 N–H and O–H groups in total. The van der Waals surface area contributed by atoms with Gasteiger partial charge in [0, 0.05) is 6.07 Å². The van der Waals surface area contributed by atoms with E-state index in [-0.39, 0.29) is 35.1 Å². The van der Waals surface area contributed by atoms with E-state index in [9.17, 15) is 27.1 Å². The maximum absolute atomic E-state index is 13.5. The molecule has 0 aliphatic carbocycles. The van der Waals surface area contributed by atoms with E-state index in [0.29, 0.717) is 11.3 Å². The fraction of sp³-hybridized carbons (Fsp3) is 0.160. The zero-order valence-corrected chi connectivity index (χ0v) is 18.6. The van der Waals surface area contributed by atoms with Gasteiger partial charge in [-0.3, -0.25) is 4.99 Å². The van der Waals surface area contributed by atoms with Crippen LogP contribution in [0, 0.1) is 11.6 Å². The third kappa shape index (κ3) is 7.46. The van der Waals surface area contributed by atoms with Crippen LogP contribution >= 0.6 is 0 Å². The Bertz CT molecular complexity index is 1200. The molecular weight excluding hydrogens is 473 g/mol. The summed E-state index contributed by atoms with van der Waals surface area (Å²) in [6, 6.07) is 14.0. The second-order valence-electron chi connectivity index (χ2n) is 7.08. The number of benzene rings is 3. The lowest BCUT2D eigenvalue weighted by molar-refractivity contribution is -0.274. The molecule has 35 heavy (non-hydrogen) atoms. The van der Waals surface area contributed by atoms with Crippen molar-refractivity contribution in [3.05, 3.63) is 89.9 Å². The summed E-state index contributed by atoms with van der Waals surface area (Å²) in [5.74, 6) is -1.78. The number of allylic oxidation sites excluding steroid dienone is 1. The second-order valence-corrected chi connectivity index (χ2v) is 7.08. The van der Waals surface area contributed by atoms with E-state index in [1.54, 1.807) is 38.1 Å². The van der Waals surface area contributed by atoms with Crippen LogP contribution in [0.4, 0.5) is 27.6 Å². The van der Waals surface area contributed by atoms with Gasteiger partial charge in [0.1, 0.15) is 28.9 Å². The first-order chi connectivity index (χ1) is 16.5. The lowest BCUT2D eigenvalue weighted by Gasteiger charge is -2.13. The molecule has 0 aromatic heterocycles. The van der Waals surface area contributed by atoms with Gasteiger partial charge in [-0.05, 0) is 67.9 Å². The van der Waals surface area contributed by atoms with Crippen LogP contribution < -0.4 is 9.47 Å². The Morgan fingerprint density at radius 2 is 1.37 bits per heavy atom. The van der Waals surface area contributed by atoms with Gasteiger partial charge in [-0.2, -0.15) is 0 Å². The number of aliphatic hydroxyl groups is 1. The zero-order chi connectivity index (χ0) is 25.6. The van der Waals surface area contributed by atoms with E-state index in [1.807, 2.05) is 0 Å². The number of alkyl halides is 3. The lowest BCUT2D eigenvalue weighted by Crippen LogP contribution is -2.16. The first-order valence-electron chi connectivity index (χ1n) is 10.3. The molecule has 3 rings (SSSR count). The Kier molecular flexibility index (Phi) is 7.95. The highest BCUT2D eigenvalue weighted by Crippen LogP contribution is 2.30. The quantitative estimate of drug-likeness (QED) is 0.198. The Morgan fingerprint density at radius 1 is 0.857 bits per heavy atom. The zero-order valence-electron chi connectivity index (χ0n) is 18.6. The molecule has 0 spiro atoms. The SMILES string of the molecule is CCOC(O)=C(C(C)=Nc1cc(F)cc(F)c1)c1ccc(Oc2ccc(OC(F)(F)F)cc2)cc1. The van der Waals surface area contributed by atoms with Crippen LogP contribution in [0.1, 0.15) is 19.4 Å². The fourth-order valence-corrected chi connectivity index (χ4v) is 3.08. The van der Waals surface area contributed by atoms with Crippen molar-refractivity contribution in [1.82, 2.24) is 0 Å². The van der Waals surface area contributed by atoms with E-state index in [4.69, 9.17) is 9.47 Å². The Morgan fingerprint density at radius 3 is 1.89 bits per heavy atom. The van der Waals surface area contributed by atoms with Crippen molar-refractivity contribution in [3.63, 3.8) is 0 Å². The molecule has 0 aliphatic heterocycles. The first-order valence-corrected chi connectivity index (χ1v) is 10.3. The number of halogens is 5. The molecule has 0 saturated carbocycles. The monoisotopic (exact) mass is 493 g/mol. The van der Waals surface area contributed by atoms with E-state index >= 15 is 0 Å². The van der Waals surface area contributed by atoms with Crippen LogP contribution in [0.15, 0.2) is 77.7 Å². The van der Waals surface area contributed by atoms with Crippen molar-refractivity contribution < 1.29 is 41.3 Å². The summed E-state index contributed by atoms with van der Waals surface area (Å²) in [6.45, 7) is 3.37. The predicted octanol–water partition coefficient (Wildman–Crippen LogP) is 7.71. The maximum atomic E-state index is 13.5. The van der Waals surface area contributed by atoms with E-state index in [0.717, 1.165) is 30.3 Å². The summed E-state index contributed by atoms with van der Waals surface area (Å²) in [5, 5.41) is 10.4. The highest BCUT2D eigenvalue weighted by atomic mass is 19.4. The molecule has 10 heteroatoms. The number of ether oxygens (including phenoxy) is 3. The molecule has 0 radical (unpaired) electrons. The lowest BCUT2D eigenvalue weighted by atomic mass is 10.0. The van der Waals surface area contributed by atoms with Crippen LogP contribution in [0.5, 0.6) is 17.2 Å². The normalized spacial score (nSPS) is 12.7. The largest absolute Gasteiger partial charge is 0.573 e. The van der Waals surface area contributed by atoms with Crippen molar-refractivity contribution in [2.45, 2.75) is 20.2 Å². The number of aliphatic hydroxyl groups excluding tert-OH is 1. The second kappa shape index (κ2) is 10.9. The molecule has 0 heterocycles. The molecule has 184 valence electrons. The molecule has 3 aromatic rings. The number of hydrogen-bond donors (Lipinski definition) is 1.